The number of thiazole rings is 1. The van der Waals surface area contributed by atoms with E-state index in [1.807, 2.05) is 6.92 Å². The predicted octanol–water partition coefficient (Wildman–Crippen LogP) is 3.05. The number of nitrogens with two attached hydrogens (primary N) is 1. The first-order valence-corrected chi connectivity index (χ1v) is 6.53. The van der Waals surface area contributed by atoms with Crippen LogP contribution in [0.4, 0.5) is 5.82 Å². The highest BCUT2D eigenvalue weighted by atomic mass is 32.1. The minimum atomic E-state index is 0.303. The maximum Gasteiger partial charge on any atom is 0.204 e. The van der Waals surface area contributed by atoms with Crippen molar-refractivity contribution < 1.29 is 4.74 Å². The largest absolute Gasteiger partial charge is 0.439 e. The molecular weight excluding hydrogens is 248 g/mol. The van der Waals surface area contributed by atoms with Gasteiger partial charge in [0.25, 0.3) is 0 Å². The predicted molar refractivity (Wildman–Crippen MR) is 72.2 cm³/mol. The van der Waals surface area contributed by atoms with Crippen LogP contribution in [0.25, 0.3) is 0 Å². The lowest BCUT2D eigenvalue weighted by Gasteiger charge is -2.08. The lowest BCUT2D eigenvalue weighted by molar-refractivity contribution is 0.482. The number of nitrogens with zero attached hydrogens (tertiary/aromatic N) is 3. The van der Waals surface area contributed by atoms with Gasteiger partial charge < -0.3 is 10.5 Å². The first kappa shape index (κ1) is 12.8. The number of anilines is 1. The van der Waals surface area contributed by atoms with Crippen LogP contribution in [-0.4, -0.2) is 15.0 Å². The van der Waals surface area contributed by atoms with Crippen LogP contribution in [0.1, 0.15) is 36.3 Å². The van der Waals surface area contributed by atoms with Crippen molar-refractivity contribution in [2.45, 2.75) is 33.6 Å². The van der Waals surface area contributed by atoms with Crippen LogP contribution in [-0.2, 0) is 0 Å². The number of aryl methyl sites for hydroxylation is 2. The van der Waals surface area contributed by atoms with Crippen LogP contribution in [0.15, 0.2) is 6.20 Å². The Morgan fingerprint density at radius 2 is 2.00 bits per heavy atom. The van der Waals surface area contributed by atoms with Gasteiger partial charge in [-0.3, -0.25) is 0 Å². The molecule has 2 N–H and O–H groups in total. The Kier molecular flexibility index (Phi) is 3.47. The van der Waals surface area contributed by atoms with Crippen LogP contribution in [0, 0.1) is 13.8 Å². The van der Waals surface area contributed by atoms with Crippen molar-refractivity contribution in [3.8, 4) is 10.8 Å². The molecule has 2 heterocycles. The summed E-state index contributed by atoms with van der Waals surface area (Å²) in [6.07, 6.45) is 1.59. The molecule has 96 valence electrons. The van der Waals surface area contributed by atoms with Gasteiger partial charge in [0.05, 0.1) is 16.9 Å². The van der Waals surface area contributed by atoms with Crippen LogP contribution in [0.5, 0.6) is 10.8 Å². The fraction of sp³-hybridized carbons (Fsp3) is 0.417. The van der Waals surface area contributed by atoms with Gasteiger partial charge >= 0.3 is 0 Å². The monoisotopic (exact) mass is 264 g/mol. The summed E-state index contributed by atoms with van der Waals surface area (Å²) in [5, 5.41) is 1.74. The van der Waals surface area contributed by atoms with E-state index in [0.717, 1.165) is 15.8 Å². The van der Waals surface area contributed by atoms with E-state index < -0.39 is 0 Å². The molecule has 0 unspecified atom stereocenters. The van der Waals surface area contributed by atoms with E-state index in [1.54, 1.807) is 13.1 Å². The molecule has 0 radical (unpaired) electrons. The third-order valence-electron chi connectivity index (χ3n) is 2.38. The molecule has 5 nitrogen and oxygen atoms in total. The molecule has 0 saturated carbocycles. The van der Waals surface area contributed by atoms with Crippen LogP contribution in [0.2, 0.25) is 0 Å². The molecule has 0 saturated heterocycles. The molecule has 6 heteroatoms. The van der Waals surface area contributed by atoms with Crippen molar-refractivity contribution in [2.24, 2.45) is 0 Å². The van der Waals surface area contributed by atoms with Gasteiger partial charge in [-0.1, -0.05) is 25.2 Å². The van der Waals surface area contributed by atoms with Crippen molar-refractivity contribution in [1.29, 1.82) is 0 Å². The molecule has 2 aromatic rings. The normalized spacial score (nSPS) is 10.9. The van der Waals surface area contributed by atoms with Gasteiger partial charge in [0.15, 0.2) is 11.6 Å². The Hall–Kier alpha value is -1.69. The van der Waals surface area contributed by atoms with Gasteiger partial charge in [-0.2, -0.15) is 0 Å². The molecule has 0 fully saturated rings. The second-order valence-corrected chi connectivity index (χ2v) is 5.49. The van der Waals surface area contributed by atoms with Crippen molar-refractivity contribution in [1.82, 2.24) is 15.0 Å². The van der Waals surface area contributed by atoms with Crippen LogP contribution >= 0.6 is 11.3 Å². The minimum Gasteiger partial charge on any atom is -0.439 e. The molecule has 0 aromatic carbocycles. The summed E-state index contributed by atoms with van der Waals surface area (Å²) in [7, 11) is 0. The van der Waals surface area contributed by atoms with Gasteiger partial charge in [-0.15, -0.1) is 0 Å². The Morgan fingerprint density at radius 1 is 1.28 bits per heavy atom. The lowest BCUT2D eigenvalue weighted by atomic mass is 10.1. The van der Waals surface area contributed by atoms with E-state index in [0.29, 0.717) is 23.3 Å². The SMILES string of the molecule is Cc1ncc(Oc2sc(C)nc2C(C)C)c(N)n1. The van der Waals surface area contributed by atoms with Crippen molar-refractivity contribution in [3.05, 3.63) is 22.7 Å². The quantitative estimate of drug-likeness (QED) is 0.922. The maximum absolute atomic E-state index is 5.81. The summed E-state index contributed by atoms with van der Waals surface area (Å²) in [5.41, 5.74) is 6.75. The molecule has 0 bridgehead atoms. The highest BCUT2D eigenvalue weighted by Gasteiger charge is 2.16. The number of hydrogen-bond acceptors (Lipinski definition) is 6. The molecule has 0 aliphatic heterocycles. The van der Waals surface area contributed by atoms with Gasteiger partial charge in [-0.05, 0) is 13.8 Å². The van der Waals surface area contributed by atoms with E-state index in [2.05, 4.69) is 28.8 Å². The number of hydrogen-bond donors (Lipinski definition) is 1. The molecule has 0 atom stereocenters. The molecular formula is C12H16N4OS. The van der Waals surface area contributed by atoms with E-state index in [-0.39, 0.29) is 0 Å². The maximum atomic E-state index is 5.81. The summed E-state index contributed by atoms with van der Waals surface area (Å²) >= 11 is 1.51. The molecule has 0 amide bonds. The fourth-order valence-electron chi connectivity index (χ4n) is 1.52. The van der Waals surface area contributed by atoms with Crippen LogP contribution in [0.3, 0.4) is 0 Å². The third kappa shape index (κ3) is 2.59. The van der Waals surface area contributed by atoms with Crippen molar-refractivity contribution >= 4 is 17.2 Å². The summed E-state index contributed by atoms with van der Waals surface area (Å²) < 4.78 is 5.78. The first-order chi connectivity index (χ1) is 8.47. The lowest BCUT2D eigenvalue weighted by Crippen LogP contribution is -1.99. The number of nitrogen functional groups attached to an aromatic ring is 1. The van der Waals surface area contributed by atoms with Gasteiger partial charge in [0.2, 0.25) is 5.06 Å². The zero-order chi connectivity index (χ0) is 13.3. The topological polar surface area (TPSA) is 73.9 Å². The van der Waals surface area contributed by atoms with Crippen LogP contribution < -0.4 is 10.5 Å². The number of ether oxygens (including phenoxy) is 1. The Balaban J connectivity index is 2.33. The zero-order valence-electron chi connectivity index (χ0n) is 10.9. The van der Waals surface area contributed by atoms with E-state index >= 15 is 0 Å². The van der Waals surface area contributed by atoms with Crippen molar-refractivity contribution in [3.63, 3.8) is 0 Å². The Morgan fingerprint density at radius 3 is 2.61 bits per heavy atom. The van der Waals surface area contributed by atoms with E-state index in [1.165, 1.54) is 11.3 Å². The number of aromatic nitrogens is 3. The third-order valence-corrected chi connectivity index (χ3v) is 3.24. The average molecular weight is 264 g/mol. The second-order valence-electron chi connectivity index (χ2n) is 4.33. The average Bonchev–Trinajstić information content (AvgIpc) is 2.64. The molecule has 18 heavy (non-hydrogen) atoms. The van der Waals surface area contributed by atoms with E-state index in [4.69, 9.17) is 10.5 Å². The standard InChI is InChI=1S/C12H16N4OS/c1-6(2)10-12(18-8(4)16-10)17-9-5-14-7(3)15-11(9)13/h5-6H,1-4H3,(H2,13,14,15). The highest BCUT2D eigenvalue weighted by molar-refractivity contribution is 7.13. The first-order valence-electron chi connectivity index (χ1n) is 5.71. The van der Waals surface area contributed by atoms with Crippen molar-refractivity contribution in [2.75, 3.05) is 5.73 Å². The number of rotatable bonds is 3. The summed E-state index contributed by atoms with van der Waals surface area (Å²) in [6, 6.07) is 0. The van der Waals surface area contributed by atoms with Gasteiger partial charge in [-0.25, -0.2) is 15.0 Å². The Labute approximate surface area is 110 Å². The molecule has 0 spiro atoms. The van der Waals surface area contributed by atoms with E-state index in [9.17, 15) is 0 Å². The smallest absolute Gasteiger partial charge is 0.204 e. The highest BCUT2D eigenvalue weighted by Crippen LogP contribution is 2.36. The second kappa shape index (κ2) is 4.89. The fourth-order valence-corrected chi connectivity index (χ4v) is 2.45. The van der Waals surface area contributed by atoms with Gasteiger partial charge in [0.1, 0.15) is 5.82 Å². The minimum absolute atomic E-state index is 0.303. The zero-order valence-corrected chi connectivity index (χ0v) is 11.7. The summed E-state index contributed by atoms with van der Waals surface area (Å²) in [5.74, 6) is 1.76. The Bertz CT molecular complexity index is 565. The molecule has 2 aromatic heterocycles. The molecule has 0 aliphatic carbocycles. The molecule has 0 aliphatic rings. The van der Waals surface area contributed by atoms with Gasteiger partial charge in [0, 0.05) is 5.92 Å². The summed E-state index contributed by atoms with van der Waals surface area (Å²) in [4.78, 5) is 12.6. The molecule has 2 rings (SSSR count). The summed E-state index contributed by atoms with van der Waals surface area (Å²) in [6.45, 7) is 7.90.